The zero-order valence-electron chi connectivity index (χ0n) is 11.8. The highest BCUT2D eigenvalue weighted by Crippen LogP contribution is 2.23. The van der Waals surface area contributed by atoms with Crippen LogP contribution in [0.2, 0.25) is 0 Å². The fourth-order valence-corrected chi connectivity index (χ4v) is 2.09. The van der Waals surface area contributed by atoms with Crippen molar-refractivity contribution in [3.05, 3.63) is 60.3 Å². The summed E-state index contributed by atoms with van der Waals surface area (Å²) in [5.74, 6) is -0.205. The largest absolute Gasteiger partial charge is 0.299 e. The second kappa shape index (κ2) is 5.13. The van der Waals surface area contributed by atoms with E-state index in [1.165, 1.54) is 19.3 Å². The van der Waals surface area contributed by atoms with Crippen molar-refractivity contribution in [3.8, 4) is 0 Å². The second-order valence-corrected chi connectivity index (χ2v) is 4.39. The Kier molecular flexibility index (Phi) is 2.86. The third-order valence-electron chi connectivity index (χ3n) is 3.00. The van der Waals surface area contributed by atoms with Gasteiger partial charge in [0.25, 0.3) is 0 Å². The number of benzene rings is 1. The first-order valence-electron chi connectivity index (χ1n) is 6.67. The molecule has 0 radical (unpaired) electrons. The molecule has 0 spiro atoms. The van der Waals surface area contributed by atoms with Crippen LogP contribution in [0.3, 0.4) is 0 Å². The van der Waals surface area contributed by atoms with E-state index >= 15 is 0 Å². The third kappa shape index (κ3) is 2.25. The van der Waals surface area contributed by atoms with Gasteiger partial charge < -0.3 is 0 Å². The maximum atomic E-state index is 12.0. The summed E-state index contributed by atoms with van der Waals surface area (Å²) in [5.41, 5.74) is 1.67. The Hall–Kier alpha value is -2.69. The fourth-order valence-electron chi connectivity index (χ4n) is 2.09. The maximum absolute atomic E-state index is 12.0. The van der Waals surface area contributed by atoms with Gasteiger partial charge >= 0.3 is 0 Å². The molecular formula is C15H12N4O. The van der Waals surface area contributed by atoms with Crippen LogP contribution in [-0.4, -0.2) is 25.7 Å². The smallest absolute Gasteiger partial charge is 0.181 e. The van der Waals surface area contributed by atoms with E-state index in [0.29, 0.717) is 17.0 Å². The fraction of sp³-hybridized carbons (Fsp3) is 0.133. The lowest BCUT2D eigenvalue weighted by molar-refractivity contribution is -0.117. The molecule has 2 aromatic heterocycles. The second-order valence-electron chi connectivity index (χ2n) is 4.39. The van der Waals surface area contributed by atoms with Crippen molar-refractivity contribution in [3.63, 3.8) is 0 Å². The summed E-state index contributed by atoms with van der Waals surface area (Å²) in [6.45, 7) is 1.51. The lowest BCUT2D eigenvalue weighted by Gasteiger charge is -2.12. The molecule has 5 nitrogen and oxygen atoms in total. The molecule has 0 amide bonds. The Balaban J connectivity index is 2.14. The summed E-state index contributed by atoms with van der Waals surface area (Å²) in [4.78, 5) is 28.6. The molecule has 0 bridgehead atoms. The standard InChI is InChI=1S/C15H12N4O/c1-10(20)13(11-5-3-2-4-6-11)15-18-9-12-14(19-15)17-8-7-16-12/h2-9,13H,1H3/i8D. The van der Waals surface area contributed by atoms with E-state index in [1.54, 1.807) is 0 Å². The number of carbonyl (C=O) groups is 1. The van der Waals surface area contributed by atoms with Crippen LogP contribution in [-0.2, 0) is 4.79 Å². The molecule has 1 unspecified atom stereocenters. The molecule has 1 aromatic carbocycles. The summed E-state index contributed by atoms with van der Waals surface area (Å²) in [7, 11) is 0. The number of hydrogen-bond acceptors (Lipinski definition) is 5. The number of carbonyl (C=O) groups excluding carboxylic acids is 1. The molecule has 0 aliphatic carbocycles. The van der Waals surface area contributed by atoms with Gasteiger partial charge in [-0.1, -0.05) is 30.3 Å². The van der Waals surface area contributed by atoms with Gasteiger partial charge in [0.2, 0.25) is 0 Å². The van der Waals surface area contributed by atoms with Gasteiger partial charge in [0, 0.05) is 12.4 Å². The van der Waals surface area contributed by atoms with E-state index in [2.05, 4.69) is 19.9 Å². The number of ketones is 1. The summed E-state index contributed by atoms with van der Waals surface area (Å²) in [6.07, 6.45) is 2.90. The van der Waals surface area contributed by atoms with Crippen LogP contribution >= 0.6 is 0 Å². The summed E-state index contributed by atoms with van der Waals surface area (Å²) >= 11 is 0. The van der Waals surface area contributed by atoms with Gasteiger partial charge in [0.15, 0.2) is 5.65 Å². The van der Waals surface area contributed by atoms with Crippen LogP contribution in [0.5, 0.6) is 0 Å². The van der Waals surface area contributed by atoms with Gasteiger partial charge in [0.1, 0.15) is 23.0 Å². The molecule has 0 saturated heterocycles. The summed E-state index contributed by atoms with van der Waals surface area (Å²) < 4.78 is 7.50. The zero-order chi connectivity index (χ0) is 14.8. The molecular weight excluding hydrogens is 252 g/mol. The van der Waals surface area contributed by atoms with Crippen molar-refractivity contribution in [1.29, 1.82) is 0 Å². The minimum Gasteiger partial charge on any atom is -0.299 e. The lowest BCUT2D eigenvalue weighted by Crippen LogP contribution is -2.14. The first-order chi connectivity index (χ1) is 10.1. The van der Waals surface area contributed by atoms with Crippen LogP contribution < -0.4 is 0 Å². The molecule has 2 heterocycles. The van der Waals surface area contributed by atoms with E-state index < -0.39 is 5.92 Å². The first-order valence-corrected chi connectivity index (χ1v) is 6.17. The van der Waals surface area contributed by atoms with E-state index in [1.807, 2.05) is 30.3 Å². The van der Waals surface area contributed by atoms with Gasteiger partial charge in [-0.2, -0.15) is 0 Å². The van der Waals surface area contributed by atoms with Crippen molar-refractivity contribution in [2.45, 2.75) is 12.8 Å². The molecule has 0 saturated carbocycles. The van der Waals surface area contributed by atoms with Crippen molar-refractivity contribution in [1.82, 2.24) is 19.9 Å². The van der Waals surface area contributed by atoms with Crippen molar-refractivity contribution < 1.29 is 6.17 Å². The Morgan fingerprint density at radius 2 is 2.00 bits per heavy atom. The third-order valence-corrected chi connectivity index (χ3v) is 3.00. The zero-order valence-corrected chi connectivity index (χ0v) is 10.8. The van der Waals surface area contributed by atoms with Crippen LogP contribution in [0, 0.1) is 0 Å². The average molecular weight is 265 g/mol. The Bertz CT molecular complexity index is 807. The van der Waals surface area contributed by atoms with Gasteiger partial charge in [-0.25, -0.2) is 19.9 Å². The average Bonchev–Trinajstić information content (AvgIpc) is 2.48. The van der Waals surface area contributed by atoms with Gasteiger partial charge in [0.05, 0.1) is 7.57 Å². The summed E-state index contributed by atoms with van der Waals surface area (Å²) in [5, 5.41) is 0. The van der Waals surface area contributed by atoms with Crippen molar-refractivity contribution in [2.75, 3.05) is 0 Å². The molecule has 3 rings (SSSR count). The van der Waals surface area contributed by atoms with E-state index in [9.17, 15) is 4.79 Å². The van der Waals surface area contributed by atoms with Crippen molar-refractivity contribution >= 4 is 16.9 Å². The number of hydrogen-bond donors (Lipinski definition) is 0. The maximum Gasteiger partial charge on any atom is 0.181 e. The van der Waals surface area contributed by atoms with Gasteiger partial charge in [-0.05, 0) is 12.5 Å². The van der Waals surface area contributed by atoms with E-state index in [4.69, 9.17) is 1.37 Å². The highest BCUT2D eigenvalue weighted by Gasteiger charge is 2.22. The van der Waals surface area contributed by atoms with Gasteiger partial charge in [-0.3, -0.25) is 4.79 Å². The molecule has 0 aliphatic heterocycles. The number of rotatable bonds is 3. The first kappa shape index (κ1) is 11.2. The van der Waals surface area contributed by atoms with E-state index in [0.717, 1.165) is 5.56 Å². The molecule has 3 aromatic rings. The van der Waals surface area contributed by atoms with Crippen LogP contribution in [0.25, 0.3) is 11.2 Å². The van der Waals surface area contributed by atoms with E-state index in [-0.39, 0.29) is 12.0 Å². The van der Waals surface area contributed by atoms with Crippen LogP contribution in [0.15, 0.2) is 48.9 Å². The molecule has 1 atom stereocenters. The summed E-state index contributed by atoms with van der Waals surface area (Å²) in [6, 6.07) is 9.36. The number of fused-ring (bicyclic) bond motifs is 1. The minimum atomic E-state index is -0.535. The van der Waals surface area contributed by atoms with Crippen LogP contribution in [0.1, 0.15) is 25.6 Å². The Morgan fingerprint density at radius 3 is 2.75 bits per heavy atom. The Labute approximate surface area is 117 Å². The molecule has 0 aliphatic rings. The minimum absolute atomic E-state index is 0.0336. The molecule has 5 heteroatoms. The lowest BCUT2D eigenvalue weighted by atomic mass is 9.94. The number of nitrogens with zero attached hydrogens (tertiary/aromatic N) is 4. The molecule has 0 fully saturated rings. The topological polar surface area (TPSA) is 68.6 Å². The monoisotopic (exact) mass is 265 g/mol. The highest BCUT2D eigenvalue weighted by molar-refractivity contribution is 5.86. The number of aromatic nitrogens is 4. The SMILES string of the molecule is [2H]c1cnc2cnc(C(C(C)=O)c3ccccc3)nc2n1. The Morgan fingerprint density at radius 1 is 1.20 bits per heavy atom. The molecule has 98 valence electrons. The molecule has 0 N–H and O–H groups in total. The molecule has 20 heavy (non-hydrogen) atoms. The van der Waals surface area contributed by atoms with Gasteiger partial charge in [-0.15, -0.1) is 0 Å². The number of Topliss-reactive ketones (excluding diaryl/α,β-unsaturated/α-hetero) is 1. The predicted molar refractivity (Wildman–Crippen MR) is 74.1 cm³/mol. The van der Waals surface area contributed by atoms with Crippen LogP contribution in [0.4, 0.5) is 0 Å². The quantitative estimate of drug-likeness (QED) is 0.725. The highest BCUT2D eigenvalue weighted by atomic mass is 16.1. The predicted octanol–water partition coefficient (Wildman–Crippen LogP) is 2.14. The normalized spacial score (nSPS) is 12.9. The van der Waals surface area contributed by atoms with Crippen molar-refractivity contribution in [2.24, 2.45) is 0 Å².